The molecule has 5 N–H and O–H groups in total. The van der Waals surface area contributed by atoms with E-state index in [4.69, 9.17) is 15.2 Å². The van der Waals surface area contributed by atoms with E-state index < -0.39 is 42.2 Å². The van der Waals surface area contributed by atoms with Gasteiger partial charge in [0.25, 0.3) is 0 Å². The number of aliphatic hydroxyl groups excluding tert-OH is 1. The van der Waals surface area contributed by atoms with Crippen molar-refractivity contribution in [2.75, 3.05) is 6.61 Å². The quantitative estimate of drug-likeness (QED) is 0.428. The first kappa shape index (κ1) is 25.7. The zero-order valence-corrected chi connectivity index (χ0v) is 19.0. The maximum Gasteiger partial charge on any atom is 0.408 e. The van der Waals surface area contributed by atoms with E-state index in [2.05, 4.69) is 10.6 Å². The molecule has 0 spiro atoms. The number of carbonyl (C=O) groups excluding carboxylic acids is 3. The average molecular weight is 458 g/mol. The van der Waals surface area contributed by atoms with Crippen molar-refractivity contribution in [3.8, 4) is 5.75 Å². The number of ether oxygens (including phenoxy) is 2. The van der Waals surface area contributed by atoms with Crippen LogP contribution in [0.5, 0.6) is 5.75 Å². The highest BCUT2D eigenvalue weighted by Gasteiger charge is 2.27. The normalized spacial score (nSPS) is 12.8. The van der Waals surface area contributed by atoms with Gasteiger partial charge < -0.3 is 30.9 Å². The highest BCUT2D eigenvalue weighted by atomic mass is 16.6. The number of primary amides is 1. The SMILES string of the molecule is CC(C)(C)OC(=O)N[C@H](CO)C(=O)N[C@@H](Cc1ccc(OCc2ccccc2)cc1)C(N)=O. The van der Waals surface area contributed by atoms with Gasteiger partial charge >= 0.3 is 6.09 Å². The molecule has 2 aromatic carbocycles. The van der Waals surface area contributed by atoms with Crippen LogP contribution in [-0.4, -0.2) is 47.3 Å². The third kappa shape index (κ3) is 9.20. The standard InChI is InChI=1S/C24H31N3O6/c1-24(2,3)33-23(31)27-20(14-28)22(30)26-19(21(25)29)13-16-9-11-18(12-10-16)32-15-17-7-5-4-6-8-17/h4-12,19-20,28H,13-15H2,1-3H3,(H2,25,29)(H,26,30)(H,27,31)/t19-,20+/m0/s1. The van der Waals surface area contributed by atoms with E-state index >= 15 is 0 Å². The fourth-order valence-electron chi connectivity index (χ4n) is 2.84. The number of nitrogens with one attached hydrogen (secondary N) is 2. The van der Waals surface area contributed by atoms with Crippen molar-refractivity contribution in [2.45, 2.75) is 51.5 Å². The summed E-state index contributed by atoms with van der Waals surface area (Å²) in [5, 5.41) is 14.2. The number of alkyl carbamates (subject to hydrolysis) is 1. The lowest BCUT2D eigenvalue weighted by atomic mass is 10.0. The highest BCUT2D eigenvalue weighted by Crippen LogP contribution is 2.15. The lowest BCUT2D eigenvalue weighted by Crippen LogP contribution is -2.55. The van der Waals surface area contributed by atoms with E-state index in [-0.39, 0.29) is 6.42 Å². The fraction of sp³-hybridized carbons (Fsp3) is 0.375. The van der Waals surface area contributed by atoms with Gasteiger partial charge in [-0.1, -0.05) is 42.5 Å². The minimum Gasteiger partial charge on any atom is -0.489 e. The maximum atomic E-state index is 12.5. The van der Waals surface area contributed by atoms with Crippen LogP contribution < -0.4 is 21.1 Å². The Bertz CT molecular complexity index is 925. The van der Waals surface area contributed by atoms with Gasteiger partial charge in [0, 0.05) is 6.42 Å². The van der Waals surface area contributed by atoms with Crippen LogP contribution in [0.15, 0.2) is 54.6 Å². The highest BCUT2D eigenvalue weighted by molar-refractivity contribution is 5.91. The second-order valence-electron chi connectivity index (χ2n) is 8.47. The summed E-state index contributed by atoms with van der Waals surface area (Å²) < 4.78 is 10.8. The van der Waals surface area contributed by atoms with E-state index in [1.165, 1.54) is 0 Å². The van der Waals surface area contributed by atoms with Crippen molar-refractivity contribution in [3.05, 3.63) is 65.7 Å². The van der Waals surface area contributed by atoms with E-state index in [1.54, 1.807) is 45.0 Å². The van der Waals surface area contributed by atoms with Crippen molar-refractivity contribution in [3.63, 3.8) is 0 Å². The first-order chi connectivity index (χ1) is 15.6. The molecule has 0 heterocycles. The number of hydrogen-bond acceptors (Lipinski definition) is 6. The first-order valence-corrected chi connectivity index (χ1v) is 10.5. The van der Waals surface area contributed by atoms with Crippen molar-refractivity contribution < 1.29 is 29.0 Å². The Kier molecular flexibility index (Phi) is 9.23. The van der Waals surface area contributed by atoms with Crippen LogP contribution in [0.3, 0.4) is 0 Å². The molecule has 0 aliphatic rings. The third-order valence-corrected chi connectivity index (χ3v) is 4.46. The lowest BCUT2D eigenvalue weighted by molar-refractivity contribution is -0.129. The number of amides is 3. The number of benzene rings is 2. The summed E-state index contributed by atoms with van der Waals surface area (Å²) >= 11 is 0. The Balaban J connectivity index is 1.94. The molecule has 9 nitrogen and oxygen atoms in total. The number of nitrogens with two attached hydrogens (primary N) is 1. The van der Waals surface area contributed by atoms with Crippen LogP contribution >= 0.6 is 0 Å². The summed E-state index contributed by atoms with van der Waals surface area (Å²) in [5.41, 5.74) is 6.46. The Morgan fingerprint density at radius 3 is 2.12 bits per heavy atom. The summed E-state index contributed by atoms with van der Waals surface area (Å²) in [6.07, 6.45) is -0.733. The molecule has 0 fully saturated rings. The van der Waals surface area contributed by atoms with Gasteiger partial charge in [0.2, 0.25) is 11.8 Å². The number of aliphatic hydroxyl groups is 1. The van der Waals surface area contributed by atoms with Gasteiger partial charge in [0.1, 0.15) is 30.0 Å². The smallest absolute Gasteiger partial charge is 0.408 e. The maximum absolute atomic E-state index is 12.5. The van der Waals surface area contributed by atoms with Gasteiger partial charge in [-0.25, -0.2) is 4.79 Å². The van der Waals surface area contributed by atoms with E-state index in [9.17, 15) is 19.5 Å². The first-order valence-electron chi connectivity index (χ1n) is 10.5. The third-order valence-electron chi connectivity index (χ3n) is 4.46. The molecule has 178 valence electrons. The summed E-state index contributed by atoms with van der Waals surface area (Å²) in [7, 11) is 0. The summed E-state index contributed by atoms with van der Waals surface area (Å²) in [6, 6.07) is 14.5. The second-order valence-corrected chi connectivity index (χ2v) is 8.47. The number of carbonyl (C=O) groups is 3. The van der Waals surface area contributed by atoms with Crippen LogP contribution in [0.25, 0.3) is 0 Å². The largest absolute Gasteiger partial charge is 0.489 e. The summed E-state index contributed by atoms with van der Waals surface area (Å²) in [6.45, 7) is 4.75. The molecular weight excluding hydrogens is 426 g/mol. The summed E-state index contributed by atoms with van der Waals surface area (Å²) in [5.74, 6) is -0.846. The lowest BCUT2D eigenvalue weighted by Gasteiger charge is -2.23. The molecule has 0 aliphatic heterocycles. The van der Waals surface area contributed by atoms with Gasteiger partial charge in [0.15, 0.2) is 0 Å². The number of rotatable bonds is 10. The molecule has 0 saturated carbocycles. The molecule has 2 atom stereocenters. The van der Waals surface area contributed by atoms with Gasteiger partial charge in [-0.3, -0.25) is 9.59 Å². The predicted octanol–water partition coefficient (Wildman–Crippen LogP) is 1.66. The van der Waals surface area contributed by atoms with Crippen LogP contribution in [0, 0.1) is 0 Å². The molecule has 9 heteroatoms. The van der Waals surface area contributed by atoms with Gasteiger partial charge in [-0.2, -0.15) is 0 Å². The summed E-state index contributed by atoms with van der Waals surface area (Å²) in [4.78, 5) is 36.3. The Labute approximate surface area is 193 Å². The van der Waals surface area contributed by atoms with Crippen LogP contribution in [0.1, 0.15) is 31.9 Å². The molecule has 3 amide bonds. The molecule has 0 saturated heterocycles. The molecule has 0 aliphatic carbocycles. The van der Waals surface area contributed by atoms with Crippen molar-refractivity contribution >= 4 is 17.9 Å². The molecule has 2 rings (SSSR count). The topological polar surface area (TPSA) is 140 Å². The Morgan fingerprint density at radius 2 is 1.58 bits per heavy atom. The molecule has 33 heavy (non-hydrogen) atoms. The van der Waals surface area contributed by atoms with E-state index in [1.807, 2.05) is 30.3 Å². The van der Waals surface area contributed by atoms with E-state index in [0.29, 0.717) is 12.4 Å². The minimum absolute atomic E-state index is 0.130. The van der Waals surface area contributed by atoms with Crippen molar-refractivity contribution in [1.82, 2.24) is 10.6 Å². The molecular formula is C24H31N3O6. The Hall–Kier alpha value is -3.59. The van der Waals surface area contributed by atoms with Gasteiger partial charge in [-0.05, 0) is 44.0 Å². The van der Waals surface area contributed by atoms with Gasteiger partial charge in [-0.15, -0.1) is 0 Å². The molecule has 2 aromatic rings. The van der Waals surface area contributed by atoms with Crippen molar-refractivity contribution in [2.24, 2.45) is 5.73 Å². The zero-order valence-electron chi connectivity index (χ0n) is 19.0. The minimum atomic E-state index is -1.30. The second kappa shape index (κ2) is 11.9. The van der Waals surface area contributed by atoms with Crippen LogP contribution in [-0.2, 0) is 27.4 Å². The van der Waals surface area contributed by atoms with E-state index in [0.717, 1.165) is 11.1 Å². The average Bonchev–Trinajstić information content (AvgIpc) is 2.75. The Morgan fingerprint density at radius 1 is 0.939 bits per heavy atom. The fourth-order valence-corrected chi connectivity index (χ4v) is 2.84. The number of hydrogen-bond donors (Lipinski definition) is 4. The predicted molar refractivity (Wildman–Crippen MR) is 122 cm³/mol. The molecule has 0 radical (unpaired) electrons. The molecule has 0 bridgehead atoms. The van der Waals surface area contributed by atoms with Crippen LogP contribution in [0.4, 0.5) is 4.79 Å². The molecule has 0 unspecified atom stereocenters. The molecule has 0 aromatic heterocycles. The zero-order chi connectivity index (χ0) is 24.4. The van der Waals surface area contributed by atoms with Crippen LogP contribution in [0.2, 0.25) is 0 Å². The van der Waals surface area contributed by atoms with Gasteiger partial charge in [0.05, 0.1) is 6.61 Å². The monoisotopic (exact) mass is 457 g/mol. The van der Waals surface area contributed by atoms with Crippen molar-refractivity contribution in [1.29, 1.82) is 0 Å².